The lowest BCUT2D eigenvalue weighted by Crippen LogP contribution is -2.48. The lowest BCUT2D eigenvalue weighted by molar-refractivity contribution is -0.129. The van der Waals surface area contributed by atoms with Gasteiger partial charge in [0.2, 0.25) is 11.8 Å². The number of nitrogens with zero attached hydrogens (tertiary/aromatic N) is 4. The summed E-state index contributed by atoms with van der Waals surface area (Å²) in [6.45, 7) is 4.82. The molecule has 2 aromatic heterocycles. The summed E-state index contributed by atoms with van der Waals surface area (Å²) in [7, 11) is 0. The van der Waals surface area contributed by atoms with Crippen molar-refractivity contribution in [2.24, 2.45) is 0 Å². The van der Waals surface area contributed by atoms with Crippen molar-refractivity contribution in [2.45, 2.75) is 6.92 Å². The zero-order chi connectivity index (χ0) is 21.2. The molecule has 0 spiro atoms. The summed E-state index contributed by atoms with van der Waals surface area (Å²) in [5.74, 6) is 1.44. The molecule has 1 saturated heterocycles. The zero-order valence-corrected chi connectivity index (χ0v) is 18.0. The molecule has 0 aliphatic carbocycles. The summed E-state index contributed by atoms with van der Waals surface area (Å²) in [6.07, 6.45) is 1.55. The summed E-state index contributed by atoms with van der Waals surface area (Å²) in [6, 6.07) is 20.4. The van der Waals surface area contributed by atoms with Gasteiger partial charge in [0.15, 0.2) is 0 Å². The molecule has 4 aromatic rings. The number of amides is 1. The van der Waals surface area contributed by atoms with Crippen LogP contribution in [0.15, 0.2) is 67.0 Å². The van der Waals surface area contributed by atoms with Gasteiger partial charge in [-0.25, -0.2) is 9.97 Å². The van der Waals surface area contributed by atoms with Crippen LogP contribution in [0.3, 0.4) is 0 Å². The number of carbonyl (C=O) groups is 1. The Morgan fingerprint density at radius 3 is 2.42 bits per heavy atom. The SMILES string of the molecule is CC(=O)N1CCN(c2ccc(Oc3ncnc4sc(-c5ccccc5)cc34)cc2)CC1. The molecule has 0 N–H and O–H groups in total. The van der Waals surface area contributed by atoms with Gasteiger partial charge in [-0.15, -0.1) is 11.3 Å². The number of hydrogen-bond donors (Lipinski definition) is 0. The Labute approximate surface area is 184 Å². The van der Waals surface area contributed by atoms with E-state index in [0.717, 1.165) is 58.3 Å². The van der Waals surface area contributed by atoms with Crippen molar-refractivity contribution < 1.29 is 9.53 Å². The monoisotopic (exact) mass is 430 g/mol. The van der Waals surface area contributed by atoms with E-state index in [0.29, 0.717) is 5.88 Å². The highest BCUT2D eigenvalue weighted by atomic mass is 32.1. The largest absolute Gasteiger partial charge is 0.438 e. The Hall–Kier alpha value is -3.45. The number of hydrogen-bond acceptors (Lipinski definition) is 6. The van der Waals surface area contributed by atoms with Crippen molar-refractivity contribution in [3.05, 3.63) is 67.0 Å². The lowest BCUT2D eigenvalue weighted by atomic mass is 10.2. The molecule has 5 rings (SSSR count). The standard InChI is InChI=1S/C24H22N4O2S/c1-17(29)27-11-13-28(14-12-27)19-7-9-20(10-8-19)30-23-21-15-22(18-5-3-2-4-6-18)31-24(21)26-16-25-23/h2-10,15-16H,11-14H2,1H3. The molecule has 0 bridgehead atoms. The Bertz CT molecular complexity index is 1200. The van der Waals surface area contributed by atoms with Crippen molar-refractivity contribution in [1.82, 2.24) is 14.9 Å². The molecule has 0 unspecified atom stereocenters. The van der Waals surface area contributed by atoms with E-state index >= 15 is 0 Å². The molecule has 3 heterocycles. The van der Waals surface area contributed by atoms with Gasteiger partial charge in [0, 0.05) is 43.7 Å². The molecule has 1 aliphatic rings. The van der Waals surface area contributed by atoms with Crippen molar-refractivity contribution >= 4 is 33.1 Å². The van der Waals surface area contributed by atoms with Crippen LogP contribution >= 0.6 is 11.3 Å². The first-order chi connectivity index (χ1) is 15.2. The lowest BCUT2D eigenvalue weighted by Gasteiger charge is -2.35. The Kier molecular flexibility index (Phi) is 5.26. The predicted octanol–water partition coefficient (Wildman–Crippen LogP) is 4.82. The van der Waals surface area contributed by atoms with Crippen LogP contribution in [-0.2, 0) is 4.79 Å². The Morgan fingerprint density at radius 1 is 0.968 bits per heavy atom. The molecule has 6 nitrogen and oxygen atoms in total. The Balaban J connectivity index is 1.33. The number of fused-ring (bicyclic) bond motifs is 1. The van der Waals surface area contributed by atoms with E-state index in [1.807, 2.05) is 35.2 Å². The predicted molar refractivity (Wildman–Crippen MR) is 124 cm³/mol. The second-order valence-corrected chi connectivity index (χ2v) is 8.49. The molecule has 7 heteroatoms. The van der Waals surface area contributed by atoms with Gasteiger partial charge in [-0.2, -0.15) is 0 Å². The van der Waals surface area contributed by atoms with Crippen LogP contribution in [0.5, 0.6) is 11.6 Å². The second kappa shape index (κ2) is 8.35. The number of ether oxygens (including phenoxy) is 1. The number of anilines is 1. The molecular weight excluding hydrogens is 408 g/mol. The van der Waals surface area contributed by atoms with Gasteiger partial charge in [0.1, 0.15) is 16.9 Å². The minimum atomic E-state index is 0.142. The number of carbonyl (C=O) groups excluding carboxylic acids is 1. The number of thiophene rings is 1. The third kappa shape index (κ3) is 4.09. The van der Waals surface area contributed by atoms with Gasteiger partial charge in [-0.1, -0.05) is 30.3 Å². The minimum Gasteiger partial charge on any atom is -0.438 e. The first-order valence-electron chi connectivity index (χ1n) is 10.3. The van der Waals surface area contributed by atoms with Gasteiger partial charge in [0.25, 0.3) is 0 Å². The van der Waals surface area contributed by atoms with Crippen LogP contribution in [0.1, 0.15) is 6.92 Å². The van der Waals surface area contributed by atoms with Crippen molar-refractivity contribution in [3.8, 4) is 22.1 Å². The average Bonchev–Trinajstić information content (AvgIpc) is 3.26. The average molecular weight is 431 g/mol. The van der Waals surface area contributed by atoms with E-state index < -0.39 is 0 Å². The normalized spacial score (nSPS) is 14.1. The highest BCUT2D eigenvalue weighted by Gasteiger charge is 2.19. The van der Waals surface area contributed by atoms with E-state index in [9.17, 15) is 4.79 Å². The molecule has 2 aromatic carbocycles. The van der Waals surface area contributed by atoms with Crippen LogP contribution in [0, 0.1) is 0 Å². The van der Waals surface area contributed by atoms with Crippen LogP contribution in [0.4, 0.5) is 5.69 Å². The fraction of sp³-hybridized carbons (Fsp3) is 0.208. The van der Waals surface area contributed by atoms with E-state index in [4.69, 9.17) is 4.74 Å². The zero-order valence-electron chi connectivity index (χ0n) is 17.2. The smallest absolute Gasteiger partial charge is 0.231 e. The maximum atomic E-state index is 11.5. The summed E-state index contributed by atoms with van der Waals surface area (Å²) >= 11 is 1.63. The summed E-state index contributed by atoms with van der Waals surface area (Å²) in [4.78, 5) is 26.5. The van der Waals surface area contributed by atoms with Crippen LogP contribution < -0.4 is 9.64 Å². The minimum absolute atomic E-state index is 0.142. The molecule has 0 atom stereocenters. The van der Waals surface area contributed by atoms with E-state index in [2.05, 4.69) is 45.2 Å². The topological polar surface area (TPSA) is 58.6 Å². The number of rotatable bonds is 4. The van der Waals surface area contributed by atoms with Gasteiger partial charge < -0.3 is 14.5 Å². The van der Waals surface area contributed by atoms with Crippen molar-refractivity contribution in [2.75, 3.05) is 31.1 Å². The fourth-order valence-electron chi connectivity index (χ4n) is 3.78. The molecule has 31 heavy (non-hydrogen) atoms. The maximum absolute atomic E-state index is 11.5. The molecule has 1 aliphatic heterocycles. The molecular formula is C24H22N4O2S. The second-order valence-electron chi connectivity index (χ2n) is 7.46. The maximum Gasteiger partial charge on any atom is 0.231 e. The third-order valence-electron chi connectivity index (χ3n) is 5.49. The highest BCUT2D eigenvalue weighted by Crippen LogP contribution is 2.37. The van der Waals surface area contributed by atoms with Crippen LogP contribution in [0.2, 0.25) is 0 Å². The molecule has 1 amide bonds. The molecule has 0 saturated carbocycles. The van der Waals surface area contributed by atoms with Gasteiger partial charge in [-0.3, -0.25) is 4.79 Å². The van der Waals surface area contributed by atoms with Crippen LogP contribution in [0.25, 0.3) is 20.7 Å². The molecule has 1 fully saturated rings. The van der Waals surface area contributed by atoms with E-state index in [1.165, 1.54) is 0 Å². The first kappa shape index (κ1) is 19.5. The van der Waals surface area contributed by atoms with Gasteiger partial charge >= 0.3 is 0 Å². The molecule has 0 radical (unpaired) electrons. The van der Waals surface area contributed by atoms with Crippen molar-refractivity contribution in [3.63, 3.8) is 0 Å². The van der Waals surface area contributed by atoms with Gasteiger partial charge in [-0.05, 0) is 35.9 Å². The summed E-state index contributed by atoms with van der Waals surface area (Å²) < 4.78 is 6.12. The third-order valence-corrected chi connectivity index (χ3v) is 6.58. The van der Waals surface area contributed by atoms with Crippen LogP contribution in [-0.4, -0.2) is 47.0 Å². The fourth-order valence-corrected chi connectivity index (χ4v) is 4.77. The number of benzene rings is 2. The van der Waals surface area contributed by atoms with Gasteiger partial charge in [0.05, 0.1) is 5.39 Å². The quantitative estimate of drug-likeness (QED) is 0.465. The summed E-state index contributed by atoms with van der Waals surface area (Å²) in [5.41, 5.74) is 2.29. The highest BCUT2D eigenvalue weighted by molar-refractivity contribution is 7.21. The van der Waals surface area contributed by atoms with Crippen molar-refractivity contribution in [1.29, 1.82) is 0 Å². The summed E-state index contributed by atoms with van der Waals surface area (Å²) in [5, 5.41) is 0.913. The molecule has 156 valence electrons. The first-order valence-corrected chi connectivity index (χ1v) is 11.1. The van der Waals surface area contributed by atoms with E-state index in [1.54, 1.807) is 24.6 Å². The number of piperazine rings is 1. The van der Waals surface area contributed by atoms with E-state index in [-0.39, 0.29) is 5.91 Å². The number of aromatic nitrogens is 2. The Morgan fingerprint density at radius 2 is 1.71 bits per heavy atom.